The van der Waals surface area contributed by atoms with Crippen LogP contribution in [-0.2, 0) is 4.74 Å². The van der Waals surface area contributed by atoms with E-state index in [1.54, 1.807) is 0 Å². The van der Waals surface area contributed by atoms with Crippen molar-refractivity contribution in [2.75, 3.05) is 20.2 Å². The second-order valence-corrected chi connectivity index (χ2v) is 7.20. The Hall–Kier alpha value is -0.120. The fraction of sp³-hybridized carbons (Fsp3) is 1.00. The third-order valence-electron chi connectivity index (χ3n) is 5.00. The van der Waals surface area contributed by atoms with E-state index in [0.29, 0.717) is 29.5 Å². The lowest BCUT2D eigenvalue weighted by Crippen LogP contribution is -2.47. The van der Waals surface area contributed by atoms with E-state index in [1.165, 1.54) is 25.7 Å². The highest BCUT2D eigenvalue weighted by molar-refractivity contribution is 4.90. The van der Waals surface area contributed by atoms with Crippen LogP contribution in [0.15, 0.2) is 0 Å². The molecule has 3 nitrogen and oxygen atoms in total. The van der Waals surface area contributed by atoms with Gasteiger partial charge in [-0.2, -0.15) is 0 Å². The van der Waals surface area contributed by atoms with Gasteiger partial charge in [-0.1, -0.05) is 13.8 Å². The van der Waals surface area contributed by atoms with Gasteiger partial charge < -0.3 is 15.4 Å². The summed E-state index contributed by atoms with van der Waals surface area (Å²) in [5.41, 5.74) is 6.80. The highest BCUT2D eigenvalue weighted by atomic mass is 16.5. The van der Waals surface area contributed by atoms with Crippen molar-refractivity contribution in [3.8, 4) is 0 Å². The molecule has 2 rings (SSSR count). The van der Waals surface area contributed by atoms with Crippen molar-refractivity contribution in [2.45, 2.75) is 64.6 Å². The zero-order chi connectivity index (χ0) is 13.3. The fourth-order valence-corrected chi connectivity index (χ4v) is 3.76. The van der Waals surface area contributed by atoms with Gasteiger partial charge >= 0.3 is 0 Å². The lowest BCUT2D eigenvalue weighted by molar-refractivity contribution is 0.0623. The standard InChI is InChI=1S/C15H30N2O/c1-11-14(6-8-18-11)17(4)10-12-9-15(2,3)7-5-13(12)16/h11-14H,5-10,16H2,1-4H3. The molecule has 18 heavy (non-hydrogen) atoms. The molecule has 2 aliphatic rings. The summed E-state index contributed by atoms with van der Waals surface area (Å²) in [5, 5.41) is 0. The molecule has 0 aromatic carbocycles. The van der Waals surface area contributed by atoms with Crippen LogP contribution >= 0.6 is 0 Å². The first-order valence-electron chi connectivity index (χ1n) is 7.46. The van der Waals surface area contributed by atoms with Crippen LogP contribution in [0.25, 0.3) is 0 Å². The Balaban J connectivity index is 1.91. The highest BCUT2D eigenvalue weighted by Crippen LogP contribution is 2.38. The van der Waals surface area contributed by atoms with E-state index < -0.39 is 0 Å². The number of ether oxygens (including phenoxy) is 1. The molecule has 0 aromatic rings. The first-order valence-corrected chi connectivity index (χ1v) is 7.46. The van der Waals surface area contributed by atoms with Crippen LogP contribution in [0, 0.1) is 11.3 Å². The Morgan fingerprint density at radius 2 is 2.06 bits per heavy atom. The van der Waals surface area contributed by atoms with Crippen molar-refractivity contribution < 1.29 is 4.74 Å². The molecule has 2 N–H and O–H groups in total. The summed E-state index contributed by atoms with van der Waals surface area (Å²) in [6, 6.07) is 0.973. The van der Waals surface area contributed by atoms with Crippen LogP contribution in [0.2, 0.25) is 0 Å². The summed E-state index contributed by atoms with van der Waals surface area (Å²) in [4.78, 5) is 2.49. The maximum atomic E-state index is 6.32. The quantitative estimate of drug-likeness (QED) is 0.839. The number of hydrogen-bond donors (Lipinski definition) is 1. The number of hydrogen-bond acceptors (Lipinski definition) is 3. The van der Waals surface area contributed by atoms with Gasteiger partial charge in [-0.05, 0) is 51.0 Å². The molecule has 0 aromatic heterocycles. The third-order valence-corrected chi connectivity index (χ3v) is 5.00. The first-order chi connectivity index (χ1) is 8.39. The average molecular weight is 254 g/mol. The lowest BCUT2D eigenvalue weighted by Gasteiger charge is -2.42. The molecular formula is C15H30N2O. The van der Waals surface area contributed by atoms with Gasteiger partial charge in [-0.25, -0.2) is 0 Å². The van der Waals surface area contributed by atoms with Crippen molar-refractivity contribution in [1.29, 1.82) is 0 Å². The molecule has 4 atom stereocenters. The summed E-state index contributed by atoms with van der Waals surface area (Å²) in [5.74, 6) is 0.645. The molecule has 0 amide bonds. The number of rotatable bonds is 3. The maximum Gasteiger partial charge on any atom is 0.0702 e. The normalized spacial score (nSPS) is 40.3. The second kappa shape index (κ2) is 5.48. The second-order valence-electron chi connectivity index (χ2n) is 7.20. The molecule has 0 radical (unpaired) electrons. The summed E-state index contributed by atoms with van der Waals surface area (Å²) < 4.78 is 5.67. The zero-order valence-corrected chi connectivity index (χ0v) is 12.5. The van der Waals surface area contributed by atoms with Gasteiger partial charge in [0.1, 0.15) is 0 Å². The van der Waals surface area contributed by atoms with Crippen molar-refractivity contribution in [2.24, 2.45) is 17.1 Å². The molecule has 4 unspecified atom stereocenters. The van der Waals surface area contributed by atoms with Gasteiger partial charge in [0.15, 0.2) is 0 Å². The molecule has 0 bridgehead atoms. The Bertz CT molecular complexity index is 280. The lowest BCUT2D eigenvalue weighted by atomic mass is 9.70. The Morgan fingerprint density at radius 3 is 2.67 bits per heavy atom. The minimum atomic E-state index is 0.378. The maximum absolute atomic E-state index is 6.32. The van der Waals surface area contributed by atoms with Crippen LogP contribution < -0.4 is 5.73 Å². The summed E-state index contributed by atoms with van der Waals surface area (Å²) in [6.45, 7) is 9.00. The average Bonchev–Trinajstić information content (AvgIpc) is 2.70. The van der Waals surface area contributed by atoms with Crippen LogP contribution in [0.3, 0.4) is 0 Å². The van der Waals surface area contributed by atoms with E-state index in [-0.39, 0.29) is 0 Å². The summed E-state index contributed by atoms with van der Waals surface area (Å²) >= 11 is 0. The molecule has 1 aliphatic carbocycles. The van der Waals surface area contributed by atoms with Crippen LogP contribution in [0.5, 0.6) is 0 Å². The molecule has 0 spiro atoms. The monoisotopic (exact) mass is 254 g/mol. The van der Waals surface area contributed by atoms with Gasteiger partial charge in [0.2, 0.25) is 0 Å². The molecule has 1 saturated heterocycles. The van der Waals surface area contributed by atoms with E-state index in [9.17, 15) is 0 Å². The number of nitrogens with two attached hydrogens (primary N) is 1. The van der Waals surface area contributed by atoms with Gasteiger partial charge in [0.05, 0.1) is 6.10 Å². The largest absolute Gasteiger partial charge is 0.377 e. The SMILES string of the molecule is CC1OCCC1N(C)CC1CC(C)(C)CCC1N. The van der Waals surface area contributed by atoms with Gasteiger partial charge in [0, 0.05) is 25.2 Å². The van der Waals surface area contributed by atoms with Crippen molar-refractivity contribution >= 4 is 0 Å². The Morgan fingerprint density at radius 1 is 1.33 bits per heavy atom. The minimum Gasteiger partial charge on any atom is -0.377 e. The Labute approximate surface area is 112 Å². The number of nitrogens with zero attached hydrogens (tertiary/aromatic N) is 1. The van der Waals surface area contributed by atoms with Gasteiger partial charge in [0.25, 0.3) is 0 Å². The molecule has 1 saturated carbocycles. The van der Waals surface area contributed by atoms with Crippen molar-refractivity contribution in [3.63, 3.8) is 0 Å². The topological polar surface area (TPSA) is 38.5 Å². The van der Waals surface area contributed by atoms with Crippen LogP contribution in [-0.4, -0.2) is 43.3 Å². The minimum absolute atomic E-state index is 0.378. The van der Waals surface area contributed by atoms with E-state index >= 15 is 0 Å². The smallest absolute Gasteiger partial charge is 0.0702 e. The van der Waals surface area contributed by atoms with E-state index in [1.807, 2.05) is 0 Å². The van der Waals surface area contributed by atoms with Gasteiger partial charge in [-0.15, -0.1) is 0 Å². The molecular weight excluding hydrogens is 224 g/mol. The molecule has 106 valence electrons. The molecule has 2 fully saturated rings. The molecule has 3 heteroatoms. The highest BCUT2D eigenvalue weighted by Gasteiger charge is 2.36. The van der Waals surface area contributed by atoms with Crippen molar-refractivity contribution in [1.82, 2.24) is 4.90 Å². The third kappa shape index (κ3) is 3.25. The van der Waals surface area contributed by atoms with E-state index in [4.69, 9.17) is 10.5 Å². The summed E-state index contributed by atoms with van der Waals surface area (Å²) in [6.07, 6.45) is 5.27. The van der Waals surface area contributed by atoms with E-state index in [2.05, 4.69) is 32.7 Å². The number of likely N-dealkylation sites (N-methyl/N-ethyl adjacent to an activating group) is 1. The first kappa shape index (κ1) is 14.3. The molecule has 1 aliphatic heterocycles. The van der Waals surface area contributed by atoms with E-state index in [0.717, 1.165) is 13.2 Å². The summed E-state index contributed by atoms with van der Waals surface area (Å²) in [7, 11) is 2.24. The Kier molecular flexibility index (Phi) is 4.35. The van der Waals surface area contributed by atoms with Gasteiger partial charge in [-0.3, -0.25) is 0 Å². The predicted octanol–water partition coefficient (Wildman–Crippen LogP) is 2.25. The van der Waals surface area contributed by atoms with Crippen LogP contribution in [0.4, 0.5) is 0 Å². The van der Waals surface area contributed by atoms with Crippen LogP contribution in [0.1, 0.15) is 46.5 Å². The predicted molar refractivity (Wildman–Crippen MR) is 75.5 cm³/mol. The molecule has 1 heterocycles. The fourth-order valence-electron chi connectivity index (χ4n) is 3.76. The van der Waals surface area contributed by atoms with Crippen molar-refractivity contribution in [3.05, 3.63) is 0 Å². The zero-order valence-electron chi connectivity index (χ0n) is 12.5.